The third-order valence-corrected chi connectivity index (χ3v) is 3.61. The number of aromatic nitrogens is 4. The Labute approximate surface area is 118 Å². The first kappa shape index (κ1) is 14.3. The zero-order valence-corrected chi connectivity index (χ0v) is 12.4. The molecule has 2 rings (SSSR count). The predicted molar refractivity (Wildman–Crippen MR) is 76.5 cm³/mol. The predicted octanol–water partition coefficient (Wildman–Crippen LogP) is 1.45. The minimum absolute atomic E-state index is 0.00454. The third kappa shape index (κ3) is 2.89. The maximum Gasteiger partial charge on any atom is 0.242 e. The number of rotatable bonds is 5. The summed E-state index contributed by atoms with van der Waals surface area (Å²) < 4.78 is 1.86. The number of nitrogens with one attached hydrogen (secondary N) is 2. The maximum absolute atomic E-state index is 12.1. The normalized spacial score (nSPS) is 12.4. The number of H-pyrrole nitrogens is 1. The van der Waals surface area contributed by atoms with Crippen molar-refractivity contribution in [2.45, 2.75) is 40.2 Å². The van der Waals surface area contributed by atoms with Crippen LogP contribution in [0.15, 0.2) is 12.4 Å². The standard InChI is InChI=1S/C14H21N5O/c1-9-13(10(2)18-17-9)5-6-16-14(20)11(3)19-8-7-15-12(19)4/h7-8,11H,5-6H2,1-4H3,(H,16,20)(H,17,18)/t11-/m0/s1. The van der Waals surface area contributed by atoms with Gasteiger partial charge in [0.1, 0.15) is 11.9 Å². The molecule has 2 aromatic rings. The number of carbonyl (C=O) groups excluding carboxylic acids is 1. The van der Waals surface area contributed by atoms with Gasteiger partial charge in [0.05, 0.1) is 5.69 Å². The summed E-state index contributed by atoms with van der Waals surface area (Å²) in [5.74, 6) is 0.846. The van der Waals surface area contributed by atoms with Gasteiger partial charge in [-0.2, -0.15) is 5.10 Å². The van der Waals surface area contributed by atoms with Crippen molar-refractivity contribution >= 4 is 5.91 Å². The van der Waals surface area contributed by atoms with Gasteiger partial charge in [-0.15, -0.1) is 0 Å². The number of aromatic amines is 1. The van der Waals surface area contributed by atoms with Crippen molar-refractivity contribution < 1.29 is 4.79 Å². The van der Waals surface area contributed by atoms with E-state index in [1.165, 1.54) is 5.56 Å². The van der Waals surface area contributed by atoms with E-state index in [0.717, 1.165) is 23.6 Å². The van der Waals surface area contributed by atoms with Gasteiger partial charge in [-0.3, -0.25) is 9.89 Å². The summed E-state index contributed by atoms with van der Waals surface area (Å²) in [5.41, 5.74) is 3.24. The van der Waals surface area contributed by atoms with Gasteiger partial charge in [0.2, 0.25) is 5.91 Å². The van der Waals surface area contributed by atoms with Gasteiger partial charge in [0, 0.05) is 24.6 Å². The molecule has 108 valence electrons. The molecule has 20 heavy (non-hydrogen) atoms. The van der Waals surface area contributed by atoms with Crippen LogP contribution in [0.25, 0.3) is 0 Å². The minimum atomic E-state index is -0.246. The lowest BCUT2D eigenvalue weighted by Gasteiger charge is -2.15. The highest BCUT2D eigenvalue weighted by Gasteiger charge is 2.16. The summed E-state index contributed by atoms with van der Waals surface area (Å²) in [7, 11) is 0. The fraction of sp³-hybridized carbons (Fsp3) is 0.500. The molecule has 2 heterocycles. The molecule has 0 saturated heterocycles. The van der Waals surface area contributed by atoms with Crippen LogP contribution in [0.2, 0.25) is 0 Å². The first-order chi connectivity index (χ1) is 9.50. The van der Waals surface area contributed by atoms with E-state index in [4.69, 9.17) is 0 Å². The summed E-state index contributed by atoms with van der Waals surface area (Å²) in [4.78, 5) is 16.2. The summed E-state index contributed by atoms with van der Waals surface area (Å²) >= 11 is 0. The van der Waals surface area contributed by atoms with E-state index < -0.39 is 0 Å². The Morgan fingerprint density at radius 2 is 2.20 bits per heavy atom. The number of nitrogens with zero attached hydrogens (tertiary/aromatic N) is 3. The molecule has 1 amide bonds. The number of carbonyl (C=O) groups is 1. The SMILES string of the molecule is Cc1n[nH]c(C)c1CCNC(=O)[C@H](C)n1ccnc1C. The van der Waals surface area contributed by atoms with Crippen LogP contribution in [0.5, 0.6) is 0 Å². The number of hydrogen-bond acceptors (Lipinski definition) is 3. The molecule has 1 atom stereocenters. The van der Waals surface area contributed by atoms with Crippen LogP contribution < -0.4 is 5.32 Å². The first-order valence-corrected chi connectivity index (χ1v) is 6.78. The number of amides is 1. The maximum atomic E-state index is 12.1. The van der Waals surface area contributed by atoms with Crippen molar-refractivity contribution in [3.63, 3.8) is 0 Å². The van der Waals surface area contributed by atoms with Crippen LogP contribution in [0.3, 0.4) is 0 Å². The van der Waals surface area contributed by atoms with Crippen LogP contribution in [-0.2, 0) is 11.2 Å². The van der Waals surface area contributed by atoms with Crippen LogP contribution in [0, 0.1) is 20.8 Å². The molecule has 6 nitrogen and oxygen atoms in total. The van der Waals surface area contributed by atoms with E-state index in [-0.39, 0.29) is 11.9 Å². The van der Waals surface area contributed by atoms with Gasteiger partial charge < -0.3 is 9.88 Å². The smallest absolute Gasteiger partial charge is 0.242 e. The van der Waals surface area contributed by atoms with Crippen molar-refractivity contribution in [2.24, 2.45) is 0 Å². The summed E-state index contributed by atoms with van der Waals surface area (Å²) in [5, 5.41) is 10.1. The third-order valence-electron chi connectivity index (χ3n) is 3.61. The zero-order chi connectivity index (χ0) is 14.7. The summed E-state index contributed by atoms with van der Waals surface area (Å²) in [6.07, 6.45) is 4.32. The van der Waals surface area contributed by atoms with Gasteiger partial charge in [0.15, 0.2) is 0 Å². The Kier molecular flexibility index (Phi) is 4.22. The molecule has 2 aromatic heterocycles. The fourth-order valence-electron chi connectivity index (χ4n) is 2.32. The molecule has 0 radical (unpaired) electrons. The second kappa shape index (κ2) is 5.90. The molecule has 0 aromatic carbocycles. The van der Waals surface area contributed by atoms with Crippen LogP contribution in [0.1, 0.15) is 35.7 Å². The Morgan fingerprint density at radius 3 is 2.75 bits per heavy atom. The lowest BCUT2D eigenvalue weighted by atomic mass is 10.1. The van der Waals surface area contributed by atoms with Crippen molar-refractivity contribution in [1.82, 2.24) is 25.1 Å². The van der Waals surface area contributed by atoms with Gasteiger partial charge in [-0.25, -0.2) is 4.98 Å². The molecule has 0 unspecified atom stereocenters. The molecular formula is C14H21N5O. The highest BCUT2D eigenvalue weighted by molar-refractivity contribution is 5.79. The molecule has 2 N–H and O–H groups in total. The number of aryl methyl sites for hydroxylation is 3. The zero-order valence-electron chi connectivity index (χ0n) is 12.4. The molecule has 0 spiro atoms. The van der Waals surface area contributed by atoms with Crippen LogP contribution in [0.4, 0.5) is 0 Å². The highest BCUT2D eigenvalue weighted by Crippen LogP contribution is 2.10. The van der Waals surface area contributed by atoms with E-state index in [2.05, 4.69) is 20.5 Å². The van der Waals surface area contributed by atoms with Crippen LogP contribution in [-0.4, -0.2) is 32.2 Å². The van der Waals surface area contributed by atoms with Crippen molar-refractivity contribution in [2.75, 3.05) is 6.54 Å². The Bertz CT molecular complexity index is 579. The molecule has 0 fully saturated rings. The Balaban J connectivity index is 1.88. The van der Waals surface area contributed by atoms with E-state index >= 15 is 0 Å². The molecule has 0 aliphatic rings. The van der Waals surface area contributed by atoms with E-state index in [1.807, 2.05) is 38.5 Å². The second-order valence-electron chi connectivity index (χ2n) is 5.01. The van der Waals surface area contributed by atoms with E-state index in [1.54, 1.807) is 6.20 Å². The van der Waals surface area contributed by atoms with E-state index in [9.17, 15) is 4.79 Å². The monoisotopic (exact) mass is 275 g/mol. The van der Waals surface area contributed by atoms with Gasteiger partial charge >= 0.3 is 0 Å². The summed E-state index contributed by atoms with van der Waals surface area (Å²) in [6.45, 7) is 8.34. The molecule has 0 aliphatic carbocycles. The first-order valence-electron chi connectivity index (χ1n) is 6.78. The topological polar surface area (TPSA) is 75.6 Å². The van der Waals surface area contributed by atoms with Gasteiger partial charge in [-0.1, -0.05) is 0 Å². The minimum Gasteiger partial charge on any atom is -0.354 e. The number of hydrogen-bond donors (Lipinski definition) is 2. The highest BCUT2D eigenvalue weighted by atomic mass is 16.2. The molecular weight excluding hydrogens is 254 g/mol. The van der Waals surface area contributed by atoms with Gasteiger partial charge in [-0.05, 0) is 39.7 Å². The quantitative estimate of drug-likeness (QED) is 0.867. The van der Waals surface area contributed by atoms with Gasteiger partial charge in [0.25, 0.3) is 0 Å². The average molecular weight is 275 g/mol. The lowest BCUT2D eigenvalue weighted by molar-refractivity contribution is -0.123. The average Bonchev–Trinajstić information content (AvgIpc) is 2.97. The lowest BCUT2D eigenvalue weighted by Crippen LogP contribution is -2.32. The molecule has 0 bridgehead atoms. The summed E-state index contributed by atoms with van der Waals surface area (Å²) in [6, 6.07) is -0.246. The second-order valence-corrected chi connectivity index (χ2v) is 5.01. The number of imidazole rings is 1. The van der Waals surface area contributed by atoms with E-state index in [0.29, 0.717) is 6.54 Å². The molecule has 0 saturated carbocycles. The van der Waals surface area contributed by atoms with Crippen molar-refractivity contribution in [3.8, 4) is 0 Å². The molecule has 6 heteroatoms. The van der Waals surface area contributed by atoms with Crippen molar-refractivity contribution in [3.05, 3.63) is 35.2 Å². The van der Waals surface area contributed by atoms with Crippen molar-refractivity contribution in [1.29, 1.82) is 0 Å². The Morgan fingerprint density at radius 1 is 1.45 bits per heavy atom. The molecule has 0 aliphatic heterocycles. The largest absolute Gasteiger partial charge is 0.354 e. The Hall–Kier alpha value is -2.11. The van der Waals surface area contributed by atoms with Crippen LogP contribution >= 0.6 is 0 Å². The fourth-order valence-corrected chi connectivity index (χ4v) is 2.32.